The van der Waals surface area contributed by atoms with Crippen LogP contribution in [0.1, 0.15) is 33.6 Å². The predicted octanol–water partition coefficient (Wildman–Crippen LogP) is 2.01. The molecule has 1 aliphatic rings. The van der Waals surface area contributed by atoms with Gasteiger partial charge in [0.15, 0.2) is 0 Å². The van der Waals surface area contributed by atoms with Crippen molar-refractivity contribution in [2.24, 2.45) is 11.7 Å². The van der Waals surface area contributed by atoms with E-state index in [0.29, 0.717) is 0 Å². The van der Waals surface area contributed by atoms with Gasteiger partial charge in [-0.05, 0) is 32.2 Å². The van der Waals surface area contributed by atoms with E-state index in [4.69, 9.17) is 5.73 Å². The summed E-state index contributed by atoms with van der Waals surface area (Å²) >= 11 is 0. The fourth-order valence-corrected chi connectivity index (χ4v) is 2.04. The van der Waals surface area contributed by atoms with Crippen LogP contribution in [0.2, 0.25) is 0 Å². The van der Waals surface area contributed by atoms with E-state index in [2.05, 4.69) is 30.9 Å². The molecule has 82 valence electrons. The van der Waals surface area contributed by atoms with Crippen molar-refractivity contribution in [2.75, 3.05) is 13.1 Å². The highest BCUT2D eigenvalue weighted by atomic mass is 15.2. The summed E-state index contributed by atoms with van der Waals surface area (Å²) in [5, 5.41) is 0. The molecule has 0 aromatic heterocycles. The summed E-state index contributed by atoms with van der Waals surface area (Å²) < 4.78 is 0. The number of rotatable bonds is 5. The van der Waals surface area contributed by atoms with Crippen LogP contribution in [-0.2, 0) is 0 Å². The molecular weight excluding hydrogens is 172 g/mol. The van der Waals surface area contributed by atoms with Crippen molar-refractivity contribution in [3.63, 3.8) is 0 Å². The van der Waals surface area contributed by atoms with E-state index in [1.807, 2.05) is 6.92 Å². The topological polar surface area (TPSA) is 29.3 Å². The van der Waals surface area contributed by atoms with Gasteiger partial charge >= 0.3 is 0 Å². The Morgan fingerprint density at radius 3 is 2.57 bits per heavy atom. The maximum absolute atomic E-state index is 5.63. The summed E-state index contributed by atoms with van der Waals surface area (Å²) in [6, 6.07) is 1.03. The predicted molar refractivity (Wildman–Crippen MR) is 62.2 cm³/mol. The summed E-state index contributed by atoms with van der Waals surface area (Å²) in [6.45, 7) is 9.13. The first kappa shape index (κ1) is 11.7. The molecule has 0 spiro atoms. The number of nitrogens with two attached hydrogens (primary N) is 1. The first-order chi connectivity index (χ1) is 6.61. The van der Waals surface area contributed by atoms with E-state index in [1.165, 1.54) is 19.5 Å². The van der Waals surface area contributed by atoms with E-state index in [1.54, 1.807) is 0 Å². The molecule has 2 atom stereocenters. The van der Waals surface area contributed by atoms with E-state index in [-0.39, 0.29) is 6.04 Å². The minimum absolute atomic E-state index is 0.201. The van der Waals surface area contributed by atoms with Crippen LogP contribution >= 0.6 is 0 Å². The molecular formula is C12H24N2. The van der Waals surface area contributed by atoms with Gasteiger partial charge in [0.1, 0.15) is 0 Å². The molecule has 1 heterocycles. The van der Waals surface area contributed by atoms with Crippen molar-refractivity contribution < 1.29 is 0 Å². The fourth-order valence-electron chi connectivity index (χ4n) is 2.04. The number of likely N-dealkylation sites (tertiary alicyclic amines) is 1. The maximum atomic E-state index is 5.63. The molecule has 1 unspecified atom stereocenters. The molecule has 0 amide bonds. The lowest BCUT2D eigenvalue weighted by Crippen LogP contribution is -2.50. The lowest BCUT2D eigenvalue weighted by atomic mass is 9.92. The highest BCUT2D eigenvalue weighted by molar-refractivity contribution is 4.91. The van der Waals surface area contributed by atoms with Crippen molar-refractivity contribution >= 4 is 0 Å². The monoisotopic (exact) mass is 196 g/mol. The minimum atomic E-state index is 0.201. The number of hydrogen-bond acceptors (Lipinski definition) is 2. The Kier molecular flexibility index (Phi) is 4.63. The normalized spacial score (nSPS) is 25.6. The molecule has 14 heavy (non-hydrogen) atoms. The Hall–Kier alpha value is -0.340. The van der Waals surface area contributed by atoms with Crippen molar-refractivity contribution in [3.05, 3.63) is 12.2 Å². The SMILES string of the molecule is CC(N)/C=C/CCN1CC[C@@H]1C(C)C. The Morgan fingerprint density at radius 2 is 2.14 bits per heavy atom. The molecule has 1 aliphatic heterocycles. The molecule has 2 N–H and O–H groups in total. The molecule has 2 nitrogen and oxygen atoms in total. The van der Waals surface area contributed by atoms with Crippen molar-refractivity contribution in [1.29, 1.82) is 0 Å². The van der Waals surface area contributed by atoms with Gasteiger partial charge in [0.2, 0.25) is 0 Å². The summed E-state index contributed by atoms with van der Waals surface area (Å²) in [6.07, 6.45) is 6.82. The van der Waals surface area contributed by atoms with Crippen LogP contribution in [-0.4, -0.2) is 30.1 Å². The molecule has 0 bridgehead atoms. The molecule has 0 radical (unpaired) electrons. The molecule has 1 rings (SSSR count). The Balaban J connectivity index is 2.13. The van der Waals surface area contributed by atoms with Gasteiger partial charge < -0.3 is 5.73 Å². The molecule has 0 aromatic rings. The van der Waals surface area contributed by atoms with Crippen LogP contribution < -0.4 is 5.73 Å². The fraction of sp³-hybridized carbons (Fsp3) is 0.833. The summed E-state index contributed by atoms with van der Waals surface area (Å²) in [7, 11) is 0. The van der Waals surface area contributed by atoms with Gasteiger partial charge in [0, 0.05) is 18.6 Å². The standard InChI is InChI=1S/C12H24N2/c1-10(2)12-7-9-14(12)8-5-4-6-11(3)13/h4,6,10-12H,5,7-9,13H2,1-3H3/b6-4+/t11?,12-/m1/s1. The first-order valence-corrected chi connectivity index (χ1v) is 5.77. The van der Waals surface area contributed by atoms with Crippen LogP contribution in [0.5, 0.6) is 0 Å². The zero-order chi connectivity index (χ0) is 10.6. The summed E-state index contributed by atoms with van der Waals surface area (Å²) in [4.78, 5) is 2.58. The third-order valence-electron chi connectivity index (χ3n) is 2.97. The number of nitrogens with zero attached hydrogens (tertiary/aromatic N) is 1. The second-order valence-electron chi connectivity index (χ2n) is 4.71. The van der Waals surface area contributed by atoms with E-state index >= 15 is 0 Å². The molecule has 0 saturated carbocycles. The highest BCUT2D eigenvalue weighted by Gasteiger charge is 2.29. The lowest BCUT2D eigenvalue weighted by molar-refractivity contribution is 0.0583. The van der Waals surface area contributed by atoms with Gasteiger partial charge in [0.25, 0.3) is 0 Å². The van der Waals surface area contributed by atoms with Gasteiger partial charge in [-0.25, -0.2) is 0 Å². The van der Waals surface area contributed by atoms with E-state index < -0.39 is 0 Å². The second kappa shape index (κ2) is 5.52. The summed E-state index contributed by atoms with van der Waals surface area (Å²) in [5.41, 5.74) is 5.63. The van der Waals surface area contributed by atoms with Crippen LogP contribution in [0.4, 0.5) is 0 Å². The van der Waals surface area contributed by atoms with E-state index in [9.17, 15) is 0 Å². The Labute approximate surface area is 88.2 Å². The number of hydrogen-bond donors (Lipinski definition) is 1. The first-order valence-electron chi connectivity index (χ1n) is 5.77. The second-order valence-corrected chi connectivity index (χ2v) is 4.71. The zero-order valence-electron chi connectivity index (χ0n) is 9.74. The molecule has 1 saturated heterocycles. The van der Waals surface area contributed by atoms with Crippen LogP contribution in [0.3, 0.4) is 0 Å². The van der Waals surface area contributed by atoms with Crippen molar-refractivity contribution in [1.82, 2.24) is 4.90 Å². The highest BCUT2D eigenvalue weighted by Crippen LogP contribution is 2.24. The maximum Gasteiger partial charge on any atom is 0.0194 e. The lowest BCUT2D eigenvalue weighted by Gasteiger charge is -2.43. The van der Waals surface area contributed by atoms with Gasteiger partial charge in [0.05, 0.1) is 0 Å². The molecule has 1 fully saturated rings. The van der Waals surface area contributed by atoms with Crippen molar-refractivity contribution in [2.45, 2.75) is 45.7 Å². The third kappa shape index (κ3) is 3.43. The quantitative estimate of drug-likeness (QED) is 0.682. The Morgan fingerprint density at radius 1 is 1.43 bits per heavy atom. The van der Waals surface area contributed by atoms with Crippen molar-refractivity contribution in [3.8, 4) is 0 Å². The molecule has 0 aliphatic carbocycles. The summed E-state index contributed by atoms with van der Waals surface area (Å²) in [5.74, 6) is 0.807. The molecule has 2 heteroatoms. The van der Waals surface area contributed by atoms with E-state index in [0.717, 1.165) is 18.4 Å². The van der Waals surface area contributed by atoms with Crippen LogP contribution in [0.25, 0.3) is 0 Å². The van der Waals surface area contributed by atoms with Gasteiger partial charge in [-0.15, -0.1) is 0 Å². The van der Waals surface area contributed by atoms with Gasteiger partial charge in [-0.3, -0.25) is 4.90 Å². The molecule has 0 aromatic carbocycles. The average molecular weight is 196 g/mol. The third-order valence-corrected chi connectivity index (χ3v) is 2.97. The van der Waals surface area contributed by atoms with Crippen LogP contribution in [0.15, 0.2) is 12.2 Å². The largest absolute Gasteiger partial charge is 0.325 e. The smallest absolute Gasteiger partial charge is 0.0194 e. The van der Waals surface area contributed by atoms with Gasteiger partial charge in [-0.2, -0.15) is 0 Å². The average Bonchev–Trinajstić information content (AvgIpc) is 1.99. The van der Waals surface area contributed by atoms with Gasteiger partial charge in [-0.1, -0.05) is 26.0 Å². The zero-order valence-corrected chi connectivity index (χ0v) is 9.74. The van der Waals surface area contributed by atoms with Crippen LogP contribution in [0, 0.1) is 5.92 Å². The minimum Gasteiger partial charge on any atom is -0.325 e. The Bertz CT molecular complexity index is 185.